The number of nitrogens with zero attached hydrogens (tertiary/aromatic N) is 2. The van der Waals surface area contributed by atoms with Gasteiger partial charge in [0.25, 0.3) is 5.91 Å². The monoisotopic (exact) mass is 472 g/mol. The molecule has 3 aromatic rings. The molecule has 0 atom stereocenters. The summed E-state index contributed by atoms with van der Waals surface area (Å²) in [4.78, 5) is 14.8. The lowest BCUT2D eigenvalue weighted by molar-refractivity contribution is -0.143. The number of aromatic nitrogens is 1. The predicted octanol–water partition coefficient (Wildman–Crippen LogP) is 5.49. The molecular weight excluding hydrogens is 445 g/mol. The summed E-state index contributed by atoms with van der Waals surface area (Å²) in [5, 5.41) is 10.1. The van der Waals surface area contributed by atoms with E-state index in [2.05, 4.69) is 0 Å². The van der Waals surface area contributed by atoms with E-state index in [-0.39, 0.29) is 7.33 Å². The fourth-order valence-corrected chi connectivity index (χ4v) is 4.90. The third-order valence-corrected chi connectivity index (χ3v) is 6.75. The summed E-state index contributed by atoms with van der Waals surface area (Å²) in [6.45, 7) is 4.05. The lowest BCUT2D eigenvalue weighted by atomic mass is 9.86. The third-order valence-electron chi connectivity index (χ3n) is 6.75. The van der Waals surface area contributed by atoms with Gasteiger partial charge in [-0.3, -0.25) is 4.79 Å². The predicted molar refractivity (Wildman–Crippen MR) is 122 cm³/mol. The number of alkyl halides is 3. The van der Waals surface area contributed by atoms with Crippen LogP contribution in [0.5, 0.6) is 5.75 Å². The second-order valence-corrected chi connectivity index (χ2v) is 9.43. The number of likely N-dealkylation sites (tertiary alicyclic amines) is 1. The van der Waals surface area contributed by atoms with Crippen LogP contribution in [0.2, 0.25) is 0 Å². The molecule has 1 amide bonds. The standard InChI is InChI=1S/C26H25F3N2O3.H2/c1-24(2,33)18-9-7-17(8-10-18)23(32)30-15-13-25(14-16-30)21-11-12-22(26(27,28)29)31(21)19-5-3-4-6-20(19)34-25;/h3-12,33H,13-16H2,1-2H3;1H. The van der Waals surface area contributed by atoms with Crippen LogP contribution < -0.4 is 4.74 Å². The Balaban J connectivity index is 0.00000289. The van der Waals surface area contributed by atoms with Crippen molar-refractivity contribution in [3.63, 3.8) is 0 Å². The number of benzene rings is 2. The SMILES string of the molecule is CC(C)(O)c1ccc(C(=O)N2CCC3(CC2)Oc2ccccc2-n2c(C(F)(F)F)ccc23)cc1.[HH]. The molecule has 1 fully saturated rings. The Kier molecular flexibility index (Phi) is 5.06. The first-order chi connectivity index (χ1) is 16.0. The summed E-state index contributed by atoms with van der Waals surface area (Å²) >= 11 is 0. The van der Waals surface area contributed by atoms with Crippen molar-refractivity contribution in [1.29, 1.82) is 0 Å². The molecule has 0 bridgehead atoms. The maximum absolute atomic E-state index is 13.8. The molecule has 34 heavy (non-hydrogen) atoms. The number of piperidine rings is 1. The number of hydrogen-bond acceptors (Lipinski definition) is 3. The van der Waals surface area contributed by atoms with Gasteiger partial charge >= 0.3 is 6.18 Å². The Bertz CT molecular complexity index is 1240. The average molecular weight is 473 g/mol. The molecule has 0 unspecified atom stereocenters. The molecule has 5 nitrogen and oxygen atoms in total. The van der Waals surface area contributed by atoms with Crippen molar-refractivity contribution in [2.45, 2.75) is 44.1 Å². The number of halogens is 3. The van der Waals surface area contributed by atoms with Gasteiger partial charge in [0.05, 0.1) is 17.0 Å². The van der Waals surface area contributed by atoms with E-state index in [1.165, 1.54) is 10.6 Å². The first kappa shape index (κ1) is 22.5. The summed E-state index contributed by atoms with van der Waals surface area (Å²) < 4.78 is 49.0. The summed E-state index contributed by atoms with van der Waals surface area (Å²) in [5.41, 5.74) is -0.648. The van der Waals surface area contributed by atoms with Gasteiger partial charge in [-0.2, -0.15) is 13.2 Å². The van der Waals surface area contributed by atoms with Crippen molar-refractivity contribution >= 4 is 5.91 Å². The molecule has 2 aliphatic rings. The number of amides is 1. The normalized spacial score (nSPS) is 17.2. The summed E-state index contributed by atoms with van der Waals surface area (Å²) in [7, 11) is 0. The first-order valence-corrected chi connectivity index (χ1v) is 11.2. The Hall–Kier alpha value is -3.26. The third kappa shape index (κ3) is 3.66. The zero-order valence-electron chi connectivity index (χ0n) is 18.9. The van der Waals surface area contributed by atoms with Crippen molar-refractivity contribution < 1.29 is 29.2 Å². The van der Waals surface area contributed by atoms with E-state index in [1.807, 2.05) is 0 Å². The largest absolute Gasteiger partial charge is 0.479 e. The van der Waals surface area contributed by atoms with Crippen LogP contribution in [0.25, 0.3) is 5.69 Å². The van der Waals surface area contributed by atoms with Crippen LogP contribution >= 0.6 is 0 Å². The van der Waals surface area contributed by atoms with Crippen molar-refractivity contribution in [3.05, 3.63) is 83.2 Å². The molecule has 8 heteroatoms. The van der Waals surface area contributed by atoms with Gasteiger partial charge in [-0.25, -0.2) is 0 Å². The van der Waals surface area contributed by atoms with Crippen LogP contribution in [-0.2, 0) is 17.4 Å². The minimum atomic E-state index is -4.50. The fourth-order valence-electron chi connectivity index (χ4n) is 4.90. The first-order valence-electron chi connectivity index (χ1n) is 11.2. The van der Waals surface area contributed by atoms with Gasteiger partial charge in [-0.05, 0) is 55.8 Å². The van der Waals surface area contributed by atoms with Gasteiger partial charge in [0.15, 0.2) is 5.60 Å². The molecule has 0 saturated carbocycles. The molecule has 2 aliphatic heterocycles. The van der Waals surface area contributed by atoms with E-state index < -0.39 is 23.1 Å². The number of ether oxygens (including phenoxy) is 1. The second-order valence-electron chi connectivity index (χ2n) is 9.43. The molecule has 180 valence electrons. The van der Waals surface area contributed by atoms with Gasteiger partial charge < -0.3 is 19.3 Å². The number of carbonyl (C=O) groups is 1. The highest BCUT2D eigenvalue weighted by Gasteiger charge is 2.48. The van der Waals surface area contributed by atoms with Crippen LogP contribution in [0.3, 0.4) is 0 Å². The highest BCUT2D eigenvalue weighted by atomic mass is 19.4. The van der Waals surface area contributed by atoms with E-state index in [9.17, 15) is 23.1 Å². The maximum atomic E-state index is 13.8. The molecule has 5 rings (SSSR count). The van der Waals surface area contributed by atoms with Gasteiger partial charge in [0.1, 0.15) is 11.4 Å². The number of carbonyl (C=O) groups excluding carboxylic acids is 1. The summed E-state index contributed by atoms with van der Waals surface area (Å²) in [5.74, 6) is 0.249. The number of para-hydroxylation sites is 2. The van der Waals surface area contributed by atoms with E-state index in [0.29, 0.717) is 54.2 Å². The van der Waals surface area contributed by atoms with Gasteiger partial charge in [-0.15, -0.1) is 0 Å². The van der Waals surface area contributed by atoms with Crippen LogP contribution in [0.1, 0.15) is 55.4 Å². The van der Waals surface area contributed by atoms with Gasteiger partial charge in [0.2, 0.25) is 0 Å². The Morgan fingerprint density at radius 2 is 1.65 bits per heavy atom. The number of fused-ring (bicyclic) bond motifs is 4. The summed E-state index contributed by atoms with van der Waals surface area (Å²) in [6.07, 6.45) is -3.76. The van der Waals surface area contributed by atoms with Crippen molar-refractivity contribution in [1.82, 2.24) is 9.47 Å². The Morgan fingerprint density at radius 1 is 1.00 bits per heavy atom. The number of aliphatic hydroxyl groups is 1. The highest BCUT2D eigenvalue weighted by molar-refractivity contribution is 5.94. The van der Waals surface area contributed by atoms with E-state index in [1.54, 1.807) is 67.3 Å². The minimum Gasteiger partial charge on any atom is -0.479 e. The quantitative estimate of drug-likeness (QED) is 0.536. The fraction of sp³-hybridized carbons (Fsp3) is 0.346. The lowest BCUT2D eigenvalue weighted by Gasteiger charge is -2.45. The van der Waals surface area contributed by atoms with E-state index in [4.69, 9.17) is 4.74 Å². The van der Waals surface area contributed by atoms with Gasteiger partial charge in [-0.1, -0.05) is 24.3 Å². The van der Waals surface area contributed by atoms with E-state index >= 15 is 0 Å². The molecule has 0 radical (unpaired) electrons. The molecule has 2 aromatic carbocycles. The smallest absolute Gasteiger partial charge is 0.431 e. The maximum Gasteiger partial charge on any atom is 0.431 e. The number of rotatable bonds is 2. The Morgan fingerprint density at radius 3 is 2.26 bits per heavy atom. The number of hydrogen-bond donors (Lipinski definition) is 1. The molecule has 1 N–H and O–H groups in total. The molecule has 1 saturated heterocycles. The van der Waals surface area contributed by atoms with Crippen molar-refractivity contribution in [2.75, 3.05) is 13.1 Å². The van der Waals surface area contributed by atoms with Crippen LogP contribution in [0, 0.1) is 0 Å². The van der Waals surface area contributed by atoms with E-state index in [0.717, 1.165) is 6.07 Å². The van der Waals surface area contributed by atoms with Crippen LogP contribution in [-0.4, -0.2) is 33.6 Å². The highest BCUT2D eigenvalue weighted by Crippen LogP contribution is 2.48. The Labute approximate surface area is 196 Å². The van der Waals surface area contributed by atoms with Crippen LogP contribution in [0.4, 0.5) is 13.2 Å². The molecule has 3 heterocycles. The van der Waals surface area contributed by atoms with Crippen molar-refractivity contribution in [3.8, 4) is 11.4 Å². The second kappa shape index (κ2) is 7.63. The van der Waals surface area contributed by atoms with Crippen LogP contribution in [0.15, 0.2) is 60.7 Å². The zero-order valence-corrected chi connectivity index (χ0v) is 18.9. The molecule has 1 spiro atoms. The molecular formula is C26H27F3N2O3. The zero-order chi connectivity index (χ0) is 24.3. The minimum absolute atomic E-state index is 0. The van der Waals surface area contributed by atoms with Gasteiger partial charge in [0, 0.05) is 32.9 Å². The molecule has 1 aromatic heterocycles. The molecule has 0 aliphatic carbocycles. The average Bonchev–Trinajstić information content (AvgIpc) is 3.26. The summed E-state index contributed by atoms with van der Waals surface area (Å²) in [6, 6.07) is 16.2. The lowest BCUT2D eigenvalue weighted by Crippen LogP contribution is -2.50. The van der Waals surface area contributed by atoms with Crippen molar-refractivity contribution in [2.24, 2.45) is 0 Å². The topological polar surface area (TPSA) is 54.7 Å².